The highest BCUT2D eigenvalue weighted by Crippen LogP contribution is 2.46. The van der Waals surface area contributed by atoms with Crippen LogP contribution in [-0.2, 0) is 6.54 Å². The van der Waals surface area contributed by atoms with Crippen LogP contribution in [0.3, 0.4) is 0 Å². The van der Waals surface area contributed by atoms with Crippen LogP contribution in [0.5, 0.6) is 0 Å². The Morgan fingerprint density at radius 3 is 2.95 bits per heavy atom. The second kappa shape index (κ2) is 6.08. The normalized spacial score (nSPS) is 26.5. The number of nitrogens with zero attached hydrogens (tertiary/aromatic N) is 2. The highest BCUT2D eigenvalue weighted by molar-refractivity contribution is 5.12. The summed E-state index contributed by atoms with van der Waals surface area (Å²) in [6, 6.07) is 2.24. The van der Waals surface area contributed by atoms with Crippen molar-refractivity contribution in [2.45, 2.75) is 58.9 Å². The molecule has 2 unspecified atom stereocenters. The molecule has 3 nitrogen and oxygen atoms in total. The summed E-state index contributed by atoms with van der Waals surface area (Å²) >= 11 is 0. The fraction of sp³-hybridized carbons (Fsp3) is 0.812. The van der Waals surface area contributed by atoms with E-state index in [1.165, 1.54) is 25.0 Å². The molecule has 3 heteroatoms. The average molecular weight is 263 g/mol. The van der Waals surface area contributed by atoms with Crippen LogP contribution in [-0.4, -0.2) is 23.4 Å². The molecule has 1 aliphatic rings. The van der Waals surface area contributed by atoms with Crippen molar-refractivity contribution in [2.75, 3.05) is 13.6 Å². The maximum Gasteiger partial charge on any atom is 0.0492 e. The van der Waals surface area contributed by atoms with E-state index in [-0.39, 0.29) is 0 Å². The van der Waals surface area contributed by atoms with Crippen LogP contribution >= 0.6 is 0 Å². The lowest BCUT2D eigenvalue weighted by atomic mass is 9.66. The van der Waals surface area contributed by atoms with Gasteiger partial charge in [0.2, 0.25) is 0 Å². The summed E-state index contributed by atoms with van der Waals surface area (Å²) in [7, 11) is 2.07. The minimum absolute atomic E-state index is 0.468. The zero-order valence-corrected chi connectivity index (χ0v) is 12.9. The Bertz CT molecular complexity index is 394. The fourth-order valence-corrected chi connectivity index (χ4v) is 3.55. The molecule has 0 aliphatic heterocycles. The fourth-order valence-electron chi connectivity index (χ4n) is 3.55. The molecule has 1 aromatic rings. The zero-order chi connectivity index (χ0) is 13.9. The third-order valence-corrected chi connectivity index (χ3v) is 4.56. The molecule has 0 radical (unpaired) electrons. The van der Waals surface area contributed by atoms with E-state index in [9.17, 15) is 0 Å². The van der Waals surface area contributed by atoms with Gasteiger partial charge in [-0.25, -0.2) is 0 Å². The molecular weight excluding hydrogens is 234 g/mol. The molecule has 0 bridgehead atoms. The molecule has 2 rings (SSSR count). The molecule has 108 valence electrons. The molecule has 0 aromatic carbocycles. The van der Waals surface area contributed by atoms with Crippen LogP contribution in [0.4, 0.5) is 0 Å². The van der Waals surface area contributed by atoms with Crippen LogP contribution in [0.1, 0.15) is 58.1 Å². The number of nitrogens with one attached hydrogen (secondary N) is 1. The molecule has 2 atom stereocenters. The zero-order valence-electron chi connectivity index (χ0n) is 12.9. The Morgan fingerprint density at radius 1 is 1.47 bits per heavy atom. The average Bonchev–Trinajstić information content (AvgIpc) is 2.80. The number of hydrogen-bond acceptors (Lipinski definition) is 2. The Kier molecular flexibility index (Phi) is 4.67. The summed E-state index contributed by atoms with van der Waals surface area (Å²) in [5, 5.41) is 7.90. The van der Waals surface area contributed by atoms with Gasteiger partial charge in [0.15, 0.2) is 0 Å². The predicted octanol–water partition coefficient (Wildman–Crippen LogP) is 3.42. The molecule has 0 saturated heterocycles. The summed E-state index contributed by atoms with van der Waals surface area (Å²) in [5.41, 5.74) is 1.92. The molecule has 1 fully saturated rings. The van der Waals surface area contributed by atoms with E-state index >= 15 is 0 Å². The Morgan fingerprint density at radius 2 is 2.26 bits per heavy atom. The van der Waals surface area contributed by atoms with Crippen molar-refractivity contribution in [3.63, 3.8) is 0 Å². The van der Waals surface area contributed by atoms with Crippen molar-refractivity contribution >= 4 is 0 Å². The third-order valence-electron chi connectivity index (χ3n) is 4.56. The van der Waals surface area contributed by atoms with Crippen LogP contribution in [0.2, 0.25) is 0 Å². The van der Waals surface area contributed by atoms with E-state index in [1.807, 2.05) is 6.20 Å². The smallest absolute Gasteiger partial charge is 0.0492 e. The highest BCUT2D eigenvalue weighted by Gasteiger charge is 2.36. The minimum atomic E-state index is 0.468. The second-order valence-corrected chi connectivity index (χ2v) is 6.81. The number of aromatic nitrogens is 2. The van der Waals surface area contributed by atoms with Gasteiger partial charge in [-0.05, 0) is 56.7 Å². The molecule has 1 aromatic heterocycles. The SMILES string of the molecule is CCCn1nccc1C1CC(C)(C)CCC1CNC. The molecule has 0 amide bonds. The van der Waals surface area contributed by atoms with Gasteiger partial charge in [-0.3, -0.25) is 4.68 Å². The largest absolute Gasteiger partial charge is 0.319 e. The second-order valence-electron chi connectivity index (χ2n) is 6.81. The summed E-state index contributed by atoms with van der Waals surface area (Å²) in [4.78, 5) is 0. The van der Waals surface area contributed by atoms with Crippen molar-refractivity contribution in [1.82, 2.24) is 15.1 Å². The van der Waals surface area contributed by atoms with Crippen LogP contribution in [0.25, 0.3) is 0 Å². The first-order valence-corrected chi connectivity index (χ1v) is 7.73. The minimum Gasteiger partial charge on any atom is -0.319 e. The van der Waals surface area contributed by atoms with Gasteiger partial charge in [0, 0.05) is 24.4 Å². The molecule has 1 N–H and O–H groups in total. The number of aryl methyl sites for hydroxylation is 1. The van der Waals surface area contributed by atoms with Gasteiger partial charge in [0.25, 0.3) is 0 Å². The summed E-state index contributed by atoms with van der Waals surface area (Å²) in [5.74, 6) is 1.41. The Hall–Kier alpha value is -0.830. The van der Waals surface area contributed by atoms with Crippen LogP contribution < -0.4 is 5.32 Å². The molecule has 19 heavy (non-hydrogen) atoms. The summed E-state index contributed by atoms with van der Waals surface area (Å²) in [6.07, 6.45) is 7.09. The molecule has 0 spiro atoms. The number of hydrogen-bond donors (Lipinski definition) is 1. The quantitative estimate of drug-likeness (QED) is 0.882. The standard InChI is InChI=1S/C16H29N3/c1-5-10-19-15(7-9-18-19)14-11-16(2,3)8-6-13(14)12-17-4/h7,9,13-14,17H,5-6,8,10-12H2,1-4H3. The van der Waals surface area contributed by atoms with Crippen molar-refractivity contribution in [3.05, 3.63) is 18.0 Å². The van der Waals surface area contributed by atoms with Crippen LogP contribution in [0, 0.1) is 11.3 Å². The van der Waals surface area contributed by atoms with Crippen molar-refractivity contribution < 1.29 is 0 Å². The first kappa shape index (κ1) is 14.6. The van der Waals surface area contributed by atoms with E-state index in [1.54, 1.807) is 0 Å². The summed E-state index contributed by atoms with van der Waals surface area (Å²) < 4.78 is 2.23. The van der Waals surface area contributed by atoms with Crippen molar-refractivity contribution in [2.24, 2.45) is 11.3 Å². The van der Waals surface area contributed by atoms with E-state index in [0.717, 1.165) is 25.4 Å². The topological polar surface area (TPSA) is 29.9 Å². The lowest BCUT2D eigenvalue weighted by molar-refractivity contribution is 0.155. The first-order chi connectivity index (χ1) is 9.07. The number of rotatable bonds is 5. The van der Waals surface area contributed by atoms with Gasteiger partial charge >= 0.3 is 0 Å². The van der Waals surface area contributed by atoms with E-state index in [2.05, 4.69) is 49.0 Å². The van der Waals surface area contributed by atoms with Gasteiger partial charge < -0.3 is 5.32 Å². The molecule has 1 saturated carbocycles. The van der Waals surface area contributed by atoms with Gasteiger partial charge in [-0.15, -0.1) is 0 Å². The maximum atomic E-state index is 4.52. The van der Waals surface area contributed by atoms with Crippen molar-refractivity contribution in [3.8, 4) is 0 Å². The van der Waals surface area contributed by atoms with E-state index in [0.29, 0.717) is 11.3 Å². The summed E-state index contributed by atoms with van der Waals surface area (Å²) in [6.45, 7) is 9.22. The molecular formula is C16H29N3. The van der Waals surface area contributed by atoms with Gasteiger partial charge in [0.05, 0.1) is 0 Å². The Balaban J connectivity index is 2.23. The van der Waals surface area contributed by atoms with Crippen LogP contribution in [0.15, 0.2) is 12.3 Å². The lowest BCUT2D eigenvalue weighted by Gasteiger charge is -2.41. The maximum absolute atomic E-state index is 4.52. The monoisotopic (exact) mass is 263 g/mol. The predicted molar refractivity (Wildman–Crippen MR) is 80.3 cm³/mol. The third kappa shape index (κ3) is 3.38. The van der Waals surface area contributed by atoms with Gasteiger partial charge in [-0.1, -0.05) is 20.8 Å². The van der Waals surface area contributed by atoms with E-state index in [4.69, 9.17) is 0 Å². The van der Waals surface area contributed by atoms with Gasteiger partial charge in [0.1, 0.15) is 0 Å². The Labute approximate surface area is 117 Å². The van der Waals surface area contributed by atoms with Crippen molar-refractivity contribution in [1.29, 1.82) is 0 Å². The lowest BCUT2D eigenvalue weighted by Crippen LogP contribution is -2.34. The van der Waals surface area contributed by atoms with Gasteiger partial charge in [-0.2, -0.15) is 5.10 Å². The highest BCUT2D eigenvalue weighted by atomic mass is 15.3. The first-order valence-electron chi connectivity index (χ1n) is 7.73. The molecule has 1 heterocycles. The molecule has 1 aliphatic carbocycles. The van der Waals surface area contributed by atoms with E-state index < -0.39 is 0 Å².